The molecule has 1 aromatic carbocycles. The maximum absolute atomic E-state index is 12.0. The maximum atomic E-state index is 12.0. The predicted molar refractivity (Wildman–Crippen MR) is 75.7 cm³/mol. The van der Waals surface area contributed by atoms with Crippen LogP contribution in [0.15, 0.2) is 41.8 Å². The molecule has 0 aliphatic rings. The van der Waals surface area contributed by atoms with Gasteiger partial charge >= 0.3 is 0 Å². The molecular weight excluding hydrogens is 244 g/mol. The fraction of sp³-hybridized carbons (Fsp3) is 0.214. The van der Waals surface area contributed by atoms with Gasteiger partial charge in [0.25, 0.3) is 0 Å². The summed E-state index contributed by atoms with van der Waals surface area (Å²) >= 11 is 1.49. The van der Waals surface area contributed by atoms with E-state index in [0.717, 1.165) is 22.5 Å². The van der Waals surface area contributed by atoms with E-state index < -0.39 is 6.04 Å². The van der Waals surface area contributed by atoms with Crippen LogP contribution in [0.1, 0.15) is 23.4 Å². The molecule has 1 aromatic heterocycles. The van der Waals surface area contributed by atoms with Crippen LogP contribution >= 0.6 is 11.3 Å². The zero-order chi connectivity index (χ0) is 13.0. The van der Waals surface area contributed by atoms with Crippen molar-refractivity contribution in [2.45, 2.75) is 19.4 Å². The van der Waals surface area contributed by atoms with Gasteiger partial charge in [-0.25, -0.2) is 0 Å². The molecule has 94 valence electrons. The first kappa shape index (κ1) is 12.8. The van der Waals surface area contributed by atoms with Crippen LogP contribution < -0.4 is 11.1 Å². The molecule has 1 atom stereocenters. The molecule has 0 aliphatic carbocycles. The molecule has 2 aromatic rings. The number of benzene rings is 1. The lowest BCUT2D eigenvalue weighted by atomic mass is 10.1. The van der Waals surface area contributed by atoms with Gasteiger partial charge in [0.1, 0.15) is 6.04 Å². The van der Waals surface area contributed by atoms with E-state index in [4.69, 9.17) is 5.73 Å². The molecule has 1 amide bonds. The predicted octanol–water partition coefficient (Wildman–Crippen LogP) is 2.95. The fourth-order valence-corrected chi connectivity index (χ4v) is 2.48. The van der Waals surface area contributed by atoms with E-state index in [-0.39, 0.29) is 5.91 Å². The fourth-order valence-electron chi connectivity index (χ4n) is 1.76. The van der Waals surface area contributed by atoms with Crippen LogP contribution in [0, 0.1) is 0 Å². The Hall–Kier alpha value is -1.65. The van der Waals surface area contributed by atoms with E-state index in [1.54, 1.807) is 0 Å². The van der Waals surface area contributed by atoms with E-state index in [9.17, 15) is 4.79 Å². The van der Waals surface area contributed by atoms with Crippen LogP contribution in [0.4, 0.5) is 5.69 Å². The number of nitrogens with one attached hydrogen (secondary N) is 1. The lowest BCUT2D eigenvalue weighted by Crippen LogP contribution is -2.27. The van der Waals surface area contributed by atoms with Crippen LogP contribution in [0.25, 0.3) is 0 Å². The summed E-state index contributed by atoms with van der Waals surface area (Å²) in [7, 11) is 0. The van der Waals surface area contributed by atoms with Gasteiger partial charge in [-0.2, -0.15) is 0 Å². The van der Waals surface area contributed by atoms with E-state index in [2.05, 4.69) is 12.2 Å². The summed E-state index contributed by atoms with van der Waals surface area (Å²) < 4.78 is 0. The number of amides is 1. The van der Waals surface area contributed by atoms with Gasteiger partial charge in [-0.1, -0.05) is 31.2 Å². The number of carbonyl (C=O) groups is 1. The monoisotopic (exact) mass is 260 g/mol. The minimum absolute atomic E-state index is 0.168. The van der Waals surface area contributed by atoms with Crippen LogP contribution in [-0.4, -0.2) is 5.91 Å². The highest BCUT2D eigenvalue weighted by Gasteiger charge is 2.17. The molecule has 0 aliphatic heterocycles. The summed E-state index contributed by atoms with van der Waals surface area (Å²) in [5.74, 6) is -0.168. The molecule has 4 heteroatoms. The quantitative estimate of drug-likeness (QED) is 0.888. The molecule has 2 rings (SSSR count). The minimum atomic E-state index is -0.602. The van der Waals surface area contributed by atoms with Gasteiger partial charge in [0.15, 0.2) is 0 Å². The van der Waals surface area contributed by atoms with Gasteiger partial charge in [-0.15, -0.1) is 11.3 Å². The lowest BCUT2D eigenvalue weighted by Gasteiger charge is -2.13. The number of aryl methyl sites for hydroxylation is 1. The number of hydrogen-bond donors (Lipinski definition) is 2. The summed E-state index contributed by atoms with van der Waals surface area (Å²) in [6.45, 7) is 2.06. The molecular formula is C14H16N2OS. The highest BCUT2D eigenvalue weighted by atomic mass is 32.1. The third-order valence-corrected chi connectivity index (χ3v) is 3.74. The van der Waals surface area contributed by atoms with Gasteiger partial charge in [-0.3, -0.25) is 4.79 Å². The van der Waals surface area contributed by atoms with Crippen LogP contribution in [-0.2, 0) is 11.2 Å². The van der Waals surface area contributed by atoms with Crippen molar-refractivity contribution in [2.75, 3.05) is 5.32 Å². The van der Waals surface area contributed by atoms with E-state index in [1.807, 2.05) is 41.8 Å². The molecule has 1 unspecified atom stereocenters. The largest absolute Gasteiger partial charge is 0.324 e. The average molecular weight is 260 g/mol. The second-order valence-corrected chi connectivity index (χ2v) is 4.97. The van der Waals surface area contributed by atoms with Crippen molar-refractivity contribution >= 4 is 22.9 Å². The topological polar surface area (TPSA) is 55.1 Å². The Bertz CT molecular complexity index is 522. The number of thiophene rings is 1. The molecule has 3 N–H and O–H groups in total. The van der Waals surface area contributed by atoms with Crippen molar-refractivity contribution < 1.29 is 4.79 Å². The third kappa shape index (κ3) is 2.78. The first-order chi connectivity index (χ1) is 8.72. The Balaban J connectivity index is 2.12. The Morgan fingerprint density at radius 2 is 2.11 bits per heavy atom. The van der Waals surface area contributed by atoms with Crippen molar-refractivity contribution in [2.24, 2.45) is 5.73 Å². The standard InChI is InChI=1S/C14H16N2OS/c1-2-10-6-3-4-7-11(10)16-14(17)13(15)12-8-5-9-18-12/h3-9,13H,2,15H2,1H3,(H,16,17). The van der Waals surface area contributed by atoms with Crippen molar-refractivity contribution in [3.8, 4) is 0 Å². The minimum Gasteiger partial charge on any atom is -0.324 e. The van der Waals surface area contributed by atoms with Gasteiger partial charge in [-0.05, 0) is 29.5 Å². The summed E-state index contributed by atoms with van der Waals surface area (Å²) in [6, 6.07) is 11.0. The second kappa shape index (κ2) is 5.80. The first-order valence-electron chi connectivity index (χ1n) is 5.90. The Kier molecular flexibility index (Phi) is 4.12. The molecule has 0 bridgehead atoms. The lowest BCUT2D eigenvalue weighted by molar-refractivity contribution is -0.117. The molecule has 0 saturated carbocycles. The van der Waals surface area contributed by atoms with Crippen LogP contribution in [0.3, 0.4) is 0 Å². The molecule has 1 heterocycles. The number of hydrogen-bond acceptors (Lipinski definition) is 3. The number of rotatable bonds is 4. The van der Waals surface area contributed by atoms with E-state index in [0.29, 0.717) is 0 Å². The Morgan fingerprint density at radius 3 is 2.78 bits per heavy atom. The number of carbonyl (C=O) groups excluding carboxylic acids is 1. The van der Waals surface area contributed by atoms with Gasteiger partial charge in [0.2, 0.25) is 5.91 Å². The smallest absolute Gasteiger partial charge is 0.246 e. The molecule has 0 spiro atoms. The summed E-state index contributed by atoms with van der Waals surface area (Å²) in [6.07, 6.45) is 0.880. The summed E-state index contributed by atoms with van der Waals surface area (Å²) in [5, 5.41) is 4.81. The summed E-state index contributed by atoms with van der Waals surface area (Å²) in [4.78, 5) is 12.9. The maximum Gasteiger partial charge on any atom is 0.246 e. The SMILES string of the molecule is CCc1ccccc1NC(=O)C(N)c1cccs1. The van der Waals surface area contributed by atoms with Crippen molar-refractivity contribution in [3.63, 3.8) is 0 Å². The van der Waals surface area contributed by atoms with E-state index in [1.165, 1.54) is 11.3 Å². The highest BCUT2D eigenvalue weighted by Crippen LogP contribution is 2.20. The zero-order valence-corrected chi connectivity index (χ0v) is 11.0. The molecule has 18 heavy (non-hydrogen) atoms. The normalized spacial score (nSPS) is 12.1. The first-order valence-corrected chi connectivity index (χ1v) is 6.78. The third-order valence-electron chi connectivity index (χ3n) is 2.79. The number of anilines is 1. The Labute approximate surface area is 111 Å². The molecule has 3 nitrogen and oxygen atoms in total. The second-order valence-electron chi connectivity index (χ2n) is 3.99. The Morgan fingerprint density at radius 1 is 1.33 bits per heavy atom. The summed E-state index contributed by atoms with van der Waals surface area (Å²) in [5.41, 5.74) is 7.88. The number of para-hydroxylation sites is 1. The average Bonchev–Trinajstić information content (AvgIpc) is 2.92. The van der Waals surface area contributed by atoms with Crippen LogP contribution in [0.5, 0.6) is 0 Å². The van der Waals surface area contributed by atoms with Crippen molar-refractivity contribution in [1.82, 2.24) is 0 Å². The van der Waals surface area contributed by atoms with Crippen molar-refractivity contribution in [3.05, 3.63) is 52.2 Å². The van der Waals surface area contributed by atoms with Crippen molar-refractivity contribution in [1.29, 1.82) is 0 Å². The molecule has 0 saturated heterocycles. The molecule has 0 radical (unpaired) electrons. The van der Waals surface area contributed by atoms with E-state index >= 15 is 0 Å². The van der Waals surface area contributed by atoms with Crippen LogP contribution in [0.2, 0.25) is 0 Å². The van der Waals surface area contributed by atoms with Gasteiger partial charge in [0.05, 0.1) is 0 Å². The van der Waals surface area contributed by atoms with Gasteiger partial charge in [0, 0.05) is 10.6 Å². The zero-order valence-electron chi connectivity index (χ0n) is 10.2. The van der Waals surface area contributed by atoms with Gasteiger partial charge < -0.3 is 11.1 Å². The molecule has 0 fully saturated rings. The highest BCUT2D eigenvalue weighted by molar-refractivity contribution is 7.10. The number of nitrogens with two attached hydrogens (primary N) is 1.